The molecular weight excluding hydrogens is 356 g/mol. The molecule has 0 fully saturated rings. The van der Waals surface area contributed by atoms with Gasteiger partial charge in [-0.1, -0.05) is 42.5 Å². The second-order valence-electron chi connectivity index (χ2n) is 6.32. The van der Waals surface area contributed by atoms with Crippen molar-refractivity contribution in [1.29, 1.82) is 0 Å². The van der Waals surface area contributed by atoms with Gasteiger partial charge in [-0.3, -0.25) is 0 Å². The molecule has 3 rings (SSSR count). The van der Waals surface area contributed by atoms with Crippen molar-refractivity contribution >= 4 is 22.5 Å². The van der Waals surface area contributed by atoms with Crippen molar-refractivity contribution in [3.05, 3.63) is 66.2 Å². The first-order valence-electron chi connectivity index (χ1n) is 9.05. The molecule has 0 aliphatic heterocycles. The van der Waals surface area contributed by atoms with E-state index in [9.17, 15) is 9.90 Å². The van der Waals surface area contributed by atoms with E-state index in [4.69, 9.17) is 9.47 Å². The van der Waals surface area contributed by atoms with Crippen molar-refractivity contribution in [3.63, 3.8) is 0 Å². The Morgan fingerprint density at radius 2 is 1.82 bits per heavy atom. The van der Waals surface area contributed by atoms with Gasteiger partial charge < -0.3 is 25.2 Å². The van der Waals surface area contributed by atoms with Crippen molar-refractivity contribution in [3.8, 4) is 11.5 Å². The minimum absolute atomic E-state index is 0.328. The number of aliphatic hydroxyl groups excluding tert-OH is 1. The van der Waals surface area contributed by atoms with Gasteiger partial charge in [0.2, 0.25) is 0 Å². The van der Waals surface area contributed by atoms with Gasteiger partial charge in [0.1, 0.15) is 11.5 Å². The number of carbonyl (C=O) groups is 1. The van der Waals surface area contributed by atoms with Crippen LogP contribution in [0.1, 0.15) is 18.1 Å². The van der Waals surface area contributed by atoms with Crippen molar-refractivity contribution in [1.82, 2.24) is 5.32 Å². The molecule has 1 unspecified atom stereocenters. The number of rotatable bonds is 7. The van der Waals surface area contributed by atoms with E-state index >= 15 is 0 Å². The van der Waals surface area contributed by atoms with Gasteiger partial charge in [0.05, 0.1) is 26.0 Å². The summed E-state index contributed by atoms with van der Waals surface area (Å²) in [7, 11) is 3.09. The number of amides is 2. The standard InChI is InChI=1S/C22H24N2O4/c1-27-16-10-11-19(21(14-16)28-2)24-22(26)23-13-12-20(25)18-9-5-7-15-6-3-4-8-17(15)18/h3-11,14,20,25H,12-13H2,1-2H3,(H2,23,24,26). The van der Waals surface area contributed by atoms with Crippen molar-refractivity contribution in [2.75, 3.05) is 26.1 Å². The van der Waals surface area contributed by atoms with E-state index in [1.165, 1.54) is 7.11 Å². The monoisotopic (exact) mass is 380 g/mol. The summed E-state index contributed by atoms with van der Waals surface area (Å²) < 4.78 is 10.4. The Morgan fingerprint density at radius 3 is 2.61 bits per heavy atom. The first-order chi connectivity index (χ1) is 13.6. The van der Waals surface area contributed by atoms with Gasteiger partial charge in [-0.25, -0.2) is 4.79 Å². The van der Waals surface area contributed by atoms with E-state index in [1.54, 1.807) is 25.3 Å². The van der Waals surface area contributed by atoms with Crippen LogP contribution in [0.2, 0.25) is 0 Å². The molecule has 0 heterocycles. The minimum atomic E-state index is -0.665. The number of hydrogen-bond acceptors (Lipinski definition) is 4. The number of methoxy groups -OCH3 is 2. The molecule has 0 saturated carbocycles. The number of carbonyl (C=O) groups excluding carboxylic acids is 1. The Bertz CT molecular complexity index is 953. The highest BCUT2D eigenvalue weighted by Gasteiger charge is 2.12. The van der Waals surface area contributed by atoms with Crippen LogP contribution >= 0.6 is 0 Å². The van der Waals surface area contributed by atoms with Gasteiger partial charge >= 0.3 is 6.03 Å². The third kappa shape index (κ3) is 4.53. The Morgan fingerprint density at radius 1 is 1.04 bits per heavy atom. The molecule has 3 aromatic rings. The highest BCUT2D eigenvalue weighted by atomic mass is 16.5. The molecule has 146 valence electrons. The SMILES string of the molecule is COc1ccc(NC(=O)NCCC(O)c2cccc3ccccc23)c(OC)c1. The Hall–Kier alpha value is -3.25. The number of ether oxygens (including phenoxy) is 2. The second-order valence-corrected chi connectivity index (χ2v) is 6.32. The molecule has 0 radical (unpaired) electrons. The van der Waals surface area contributed by atoms with Crippen LogP contribution in [0, 0.1) is 0 Å². The summed E-state index contributed by atoms with van der Waals surface area (Å²) >= 11 is 0. The van der Waals surface area contributed by atoms with Crippen LogP contribution < -0.4 is 20.1 Å². The fraction of sp³-hybridized carbons (Fsp3) is 0.227. The van der Waals surface area contributed by atoms with E-state index < -0.39 is 6.10 Å². The van der Waals surface area contributed by atoms with Gasteiger partial charge in [0.15, 0.2) is 0 Å². The van der Waals surface area contributed by atoms with Gasteiger partial charge in [-0.2, -0.15) is 0 Å². The van der Waals surface area contributed by atoms with Crippen molar-refractivity contribution < 1.29 is 19.4 Å². The number of benzene rings is 3. The maximum absolute atomic E-state index is 12.2. The Labute approximate surface area is 164 Å². The molecule has 0 saturated heterocycles. The topological polar surface area (TPSA) is 79.8 Å². The first-order valence-corrected chi connectivity index (χ1v) is 9.05. The number of aliphatic hydroxyl groups is 1. The van der Waals surface area contributed by atoms with Crippen LogP contribution in [-0.4, -0.2) is 31.9 Å². The molecule has 3 aromatic carbocycles. The molecule has 0 aromatic heterocycles. The fourth-order valence-corrected chi connectivity index (χ4v) is 3.09. The Kier molecular flexibility index (Phi) is 6.34. The molecule has 6 heteroatoms. The fourth-order valence-electron chi connectivity index (χ4n) is 3.09. The highest BCUT2D eigenvalue weighted by Crippen LogP contribution is 2.29. The molecule has 0 aliphatic rings. The Balaban J connectivity index is 1.57. The molecule has 28 heavy (non-hydrogen) atoms. The summed E-state index contributed by atoms with van der Waals surface area (Å²) in [5.74, 6) is 1.14. The van der Waals surface area contributed by atoms with E-state index in [-0.39, 0.29) is 6.03 Å². The van der Waals surface area contributed by atoms with Gasteiger partial charge in [-0.15, -0.1) is 0 Å². The number of nitrogens with one attached hydrogen (secondary N) is 2. The zero-order valence-corrected chi connectivity index (χ0v) is 15.9. The van der Waals surface area contributed by atoms with Gasteiger partial charge in [0.25, 0.3) is 0 Å². The van der Waals surface area contributed by atoms with Crippen LogP contribution in [0.5, 0.6) is 11.5 Å². The minimum Gasteiger partial charge on any atom is -0.497 e. The van der Waals surface area contributed by atoms with Gasteiger partial charge in [-0.05, 0) is 34.9 Å². The lowest BCUT2D eigenvalue weighted by Gasteiger charge is -2.15. The van der Waals surface area contributed by atoms with E-state index in [0.29, 0.717) is 30.2 Å². The van der Waals surface area contributed by atoms with Crippen LogP contribution in [0.25, 0.3) is 10.8 Å². The smallest absolute Gasteiger partial charge is 0.319 e. The molecule has 0 bridgehead atoms. The van der Waals surface area contributed by atoms with Crippen LogP contribution in [-0.2, 0) is 0 Å². The maximum atomic E-state index is 12.2. The quantitative estimate of drug-likeness (QED) is 0.576. The largest absolute Gasteiger partial charge is 0.497 e. The lowest BCUT2D eigenvalue weighted by Crippen LogP contribution is -2.30. The first kappa shape index (κ1) is 19.5. The summed E-state index contributed by atoms with van der Waals surface area (Å²) in [4.78, 5) is 12.2. The summed E-state index contributed by atoms with van der Waals surface area (Å²) in [6.45, 7) is 0.328. The summed E-state index contributed by atoms with van der Waals surface area (Å²) in [6, 6.07) is 18.6. The van der Waals surface area contributed by atoms with E-state index in [0.717, 1.165) is 16.3 Å². The molecule has 3 N–H and O–H groups in total. The molecule has 0 aliphatic carbocycles. The number of fused-ring (bicyclic) bond motifs is 1. The molecule has 0 spiro atoms. The average molecular weight is 380 g/mol. The number of anilines is 1. The van der Waals surface area contributed by atoms with Crippen molar-refractivity contribution in [2.45, 2.75) is 12.5 Å². The maximum Gasteiger partial charge on any atom is 0.319 e. The normalized spacial score (nSPS) is 11.7. The van der Waals surface area contributed by atoms with Crippen LogP contribution in [0.15, 0.2) is 60.7 Å². The summed E-state index contributed by atoms with van der Waals surface area (Å²) in [6.07, 6.45) is -0.261. The third-order valence-electron chi connectivity index (χ3n) is 4.54. The number of hydrogen-bond donors (Lipinski definition) is 3. The summed E-state index contributed by atoms with van der Waals surface area (Å²) in [5.41, 5.74) is 1.40. The zero-order valence-electron chi connectivity index (χ0n) is 15.9. The van der Waals surface area contributed by atoms with Crippen LogP contribution in [0.3, 0.4) is 0 Å². The van der Waals surface area contributed by atoms with E-state index in [2.05, 4.69) is 10.6 Å². The lowest BCUT2D eigenvalue weighted by atomic mass is 9.99. The van der Waals surface area contributed by atoms with Crippen LogP contribution in [0.4, 0.5) is 10.5 Å². The highest BCUT2D eigenvalue weighted by molar-refractivity contribution is 5.91. The van der Waals surface area contributed by atoms with E-state index in [1.807, 2.05) is 42.5 Å². The molecule has 6 nitrogen and oxygen atoms in total. The zero-order chi connectivity index (χ0) is 19.9. The molecular formula is C22H24N2O4. The summed E-state index contributed by atoms with van der Waals surface area (Å²) in [5, 5.41) is 18.2. The average Bonchev–Trinajstić information content (AvgIpc) is 2.73. The predicted octanol–water partition coefficient (Wildman–Crippen LogP) is 4.10. The second kappa shape index (κ2) is 9.10. The molecule has 2 amide bonds. The van der Waals surface area contributed by atoms with Gasteiger partial charge in [0, 0.05) is 12.6 Å². The predicted molar refractivity (Wildman–Crippen MR) is 110 cm³/mol. The lowest BCUT2D eigenvalue weighted by molar-refractivity contribution is 0.169. The molecule has 1 atom stereocenters. The number of urea groups is 1. The van der Waals surface area contributed by atoms with Crippen molar-refractivity contribution in [2.24, 2.45) is 0 Å². The third-order valence-corrected chi connectivity index (χ3v) is 4.54.